The Hall–Kier alpha value is -1.55. The van der Waals surface area contributed by atoms with Gasteiger partial charge < -0.3 is 15.5 Å². The lowest BCUT2D eigenvalue weighted by atomic mass is 10.0. The second-order valence-electron chi connectivity index (χ2n) is 5.96. The minimum Gasteiger partial charge on any atom is -0.362 e. The number of amides is 1. The number of nitrogens with zero attached hydrogens (tertiary/aromatic N) is 1. The molecule has 1 heterocycles. The van der Waals surface area contributed by atoms with E-state index >= 15 is 0 Å². The third-order valence-electron chi connectivity index (χ3n) is 3.81. The molecule has 1 aliphatic heterocycles. The molecule has 1 atom stereocenters. The summed E-state index contributed by atoms with van der Waals surface area (Å²) in [5.41, 5.74) is 2.51. The van der Waals surface area contributed by atoms with E-state index < -0.39 is 0 Å². The van der Waals surface area contributed by atoms with Gasteiger partial charge in [0.05, 0.1) is 6.54 Å². The number of carbonyl (C=O) groups excluding carboxylic acids is 1. The molecule has 0 saturated carbocycles. The number of hydrogen-bond acceptors (Lipinski definition) is 3. The summed E-state index contributed by atoms with van der Waals surface area (Å²) < 4.78 is 0. The largest absolute Gasteiger partial charge is 0.362 e. The number of hydrogen-bond donors (Lipinski definition) is 2. The molecule has 1 amide bonds. The summed E-state index contributed by atoms with van der Waals surface area (Å²) in [7, 11) is 0. The number of anilines is 1. The second kappa shape index (κ2) is 7.46. The zero-order valence-corrected chi connectivity index (χ0v) is 13.4. The quantitative estimate of drug-likeness (QED) is 0.875. The van der Waals surface area contributed by atoms with E-state index in [9.17, 15) is 4.79 Å². The van der Waals surface area contributed by atoms with Gasteiger partial charge in [0, 0.05) is 24.3 Å². The molecule has 116 valence electrons. The first kappa shape index (κ1) is 15.8. The van der Waals surface area contributed by atoms with Crippen molar-refractivity contribution in [1.82, 2.24) is 10.6 Å². The summed E-state index contributed by atoms with van der Waals surface area (Å²) in [5, 5.41) is 6.54. The molecular weight excluding hydrogens is 262 g/mol. The van der Waals surface area contributed by atoms with Crippen molar-refractivity contribution in [1.29, 1.82) is 0 Å². The third-order valence-corrected chi connectivity index (χ3v) is 3.81. The fourth-order valence-corrected chi connectivity index (χ4v) is 3.00. The lowest BCUT2D eigenvalue weighted by Crippen LogP contribution is -2.40. The summed E-state index contributed by atoms with van der Waals surface area (Å²) >= 11 is 0. The van der Waals surface area contributed by atoms with E-state index in [4.69, 9.17) is 0 Å². The Balaban J connectivity index is 2.18. The maximum atomic E-state index is 12.1. The van der Waals surface area contributed by atoms with Crippen LogP contribution < -0.4 is 15.5 Å². The van der Waals surface area contributed by atoms with E-state index in [1.54, 1.807) is 0 Å². The van der Waals surface area contributed by atoms with Crippen LogP contribution in [0.2, 0.25) is 0 Å². The summed E-state index contributed by atoms with van der Waals surface area (Å²) in [5.74, 6) is 0.0988. The van der Waals surface area contributed by atoms with E-state index in [2.05, 4.69) is 46.7 Å². The maximum absolute atomic E-state index is 12.1. The van der Waals surface area contributed by atoms with Crippen LogP contribution in [0.1, 0.15) is 45.2 Å². The van der Waals surface area contributed by atoms with Crippen molar-refractivity contribution in [2.75, 3.05) is 24.5 Å². The Labute approximate surface area is 127 Å². The van der Waals surface area contributed by atoms with Crippen molar-refractivity contribution in [3.05, 3.63) is 29.8 Å². The van der Waals surface area contributed by atoms with Crippen LogP contribution in [0.15, 0.2) is 24.3 Å². The van der Waals surface area contributed by atoms with Crippen LogP contribution in [0.3, 0.4) is 0 Å². The first-order valence-electron chi connectivity index (χ1n) is 7.98. The fraction of sp³-hybridized carbons (Fsp3) is 0.588. The first-order chi connectivity index (χ1) is 10.1. The maximum Gasteiger partial charge on any atom is 0.239 e. The number of benzene rings is 1. The van der Waals surface area contributed by atoms with Crippen molar-refractivity contribution >= 4 is 11.6 Å². The van der Waals surface area contributed by atoms with Gasteiger partial charge in [-0.3, -0.25) is 4.79 Å². The van der Waals surface area contributed by atoms with Gasteiger partial charge in [0.25, 0.3) is 0 Å². The average Bonchev–Trinajstić information content (AvgIpc) is 2.60. The minimum absolute atomic E-state index is 0.0988. The lowest BCUT2D eigenvalue weighted by Gasteiger charge is -2.26. The Morgan fingerprint density at radius 1 is 1.38 bits per heavy atom. The molecule has 2 rings (SSSR count). The predicted molar refractivity (Wildman–Crippen MR) is 87.6 cm³/mol. The summed E-state index contributed by atoms with van der Waals surface area (Å²) in [6, 6.07) is 9.04. The molecule has 0 fully saturated rings. The molecule has 1 aromatic rings. The number of rotatable bonds is 5. The number of para-hydroxylation sites is 1. The predicted octanol–water partition coefficient (Wildman–Crippen LogP) is 2.46. The number of fused-ring (bicyclic) bond motifs is 1. The van der Waals surface area contributed by atoms with Crippen LogP contribution in [0.4, 0.5) is 5.69 Å². The van der Waals surface area contributed by atoms with Gasteiger partial charge in [-0.05, 0) is 44.9 Å². The smallest absolute Gasteiger partial charge is 0.239 e. The van der Waals surface area contributed by atoms with Crippen molar-refractivity contribution in [3.63, 3.8) is 0 Å². The molecule has 0 saturated heterocycles. The van der Waals surface area contributed by atoms with E-state index in [0.717, 1.165) is 25.9 Å². The molecule has 4 heteroatoms. The molecule has 0 aromatic heterocycles. The van der Waals surface area contributed by atoms with Crippen molar-refractivity contribution in [2.24, 2.45) is 0 Å². The molecule has 21 heavy (non-hydrogen) atoms. The highest BCUT2D eigenvalue weighted by Crippen LogP contribution is 2.32. The summed E-state index contributed by atoms with van der Waals surface area (Å²) in [6.45, 7) is 8.47. The van der Waals surface area contributed by atoms with Crippen LogP contribution in [0.25, 0.3) is 0 Å². The minimum atomic E-state index is 0.0988. The topological polar surface area (TPSA) is 44.4 Å². The standard InChI is InChI=1S/C17H27N3O/c1-4-18-15-9-7-11-20(12-17(21)19-13(2)3)16-10-6-5-8-14(15)16/h5-6,8,10,13,15,18H,4,7,9,11-12H2,1-3H3,(H,19,21). The number of carbonyl (C=O) groups is 1. The molecule has 1 unspecified atom stereocenters. The van der Waals surface area contributed by atoms with E-state index in [0.29, 0.717) is 12.6 Å². The first-order valence-corrected chi connectivity index (χ1v) is 7.98. The summed E-state index contributed by atoms with van der Waals surface area (Å²) in [4.78, 5) is 14.3. The molecule has 0 aliphatic carbocycles. The Morgan fingerprint density at radius 2 is 2.14 bits per heavy atom. The molecule has 1 aliphatic rings. The van der Waals surface area contributed by atoms with Crippen LogP contribution >= 0.6 is 0 Å². The van der Waals surface area contributed by atoms with E-state index in [-0.39, 0.29) is 11.9 Å². The second-order valence-corrected chi connectivity index (χ2v) is 5.96. The SMILES string of the molecule is CCNC1CCCN(CC(=O)NC(C)C)c2ccccc21. The highest BCUT2D eigenvalue weighted by molar-refractivity contribution is 5.82. The van der Waals surface area contributed by atoms with Gasteiger partial charge in [-0.25, -0.2) is 0 Å². The van der Waals surface area contributed by atoms with Gasteiger partial charge in [0.15, 0.2) is 0 Å². The van der Waals surface area contributed by atoms with Crippen LogP contribution in [0, 0.1) is 0 Å². The molecule has 0 spiro atoms. The van der Waals surface area contributed by atoms with Crippen molar-refractivity contribution in [3.8, 4) is 0 Å². The van der Waals surface area contributed by atoms with E-state index in [1.807, 2.05) is 13.8 Å². The Bertz CT molecular complexity index is 473. The molecule has 4 nitrogen and oxygen atoms in total. The molecular formula is C17H27N3O. The average molecular weight is 289 g/mol. The normalized spacial score (nSPS) is 18.3. The van der Waals surface area contributed by atoms with Gasteiger partial charge in [-0.15, -0.1) is 0 Å². The molecule has 1 aromatic carbocycles. The zero-order valence-electron chi connectivity index (χ0n) is 13.4. The van der Waals surface area contributed by atoms with Crippen LogP contribution in [-0.2, 0) is 4.79 Å². The van der Waals surface area contributed by atoms with Gasteiger partial charge in [-0.2, -0.15) is 0 Å². The summed E-state index contributed by atoms with van der Waals surface area (Å²) in [6.07, 6.45) is 2.22. The van der Waals surface area contributed by atoms with Gasteiger partial charge in [0.2, 0.25) is 5.91 Å². The van der Waals surface area contributed by atoms with Crippen LogP contribution in [-0.4, -0.2) is 31.6 Å². The lowest BCUT2D eigenvalue weighted by molar-refractivity contribution is -0.120. The molecule has 0 bridgehead atoms. The zero-order chi connectivity index (χ0) is 15.2. The number of nitrogens with one attached hydrogen (secondary N) is 2. The molecule has 0 radical (unpaired) electrons. The van der Waals surface area contributed by atoms with Crippen LogP contribution in [0.5, 0.6) is 0 Å². The Morgan fingerprint density at radius 3 is 2.86 bits per heavy atom. The van der Waals surface area contributed by atoms with Crippen molar-refractivity contribution in [2.45, 2.75) is 45.7 Å². The highest BCUT2D eigenvalue weighted by atomic mass is 16.2. The van der Waals surface area contributed by atoms with Gasteiger partial charge in [0.1, 0.15) is 0 Å². The highest BCUT2D eigenvalue weighted by Gasteiger charge is 2.23. The third kappa shape index (κ3) is 4.21. The van der Waals surface area contributed by atoms with Gasteiger partial charge >= 0.3 is 0 Å². The molecule has 2 N–H and O–H groups in total. The van der Waals surface area contributed by atoms with E-state index in [1.165, 1.54) is 11.3 Å². The van der Waals surface area contributed by atoms with Crippen molar-refractivity contribution < 1.29 is 4.79 Å². The monoisotopic (exact) mass is 289 g/mol. The van der Waals surface area contributed by atoms with Gasteiger partial charge in [-0.1, -0.05) is 25.1 Å². The Kier molecular flexibility index (Phi) is 5.62. The fourth-order valence-electron chi connectivity index (χ4n) is 3.00.